The van der Waals surface area contributed by atoms with Crippen molar-refractivity contribution in [3.05, 3.63) is 0 Å². The number of rotatable bonds is 8. The van der Waals surface area contributed by atoms with Crippen molar-refractivity contribution in [1.29, 1.82) is 0 Å². The molecule has 0 rings (SSSR count). The summed E-state index contributed by atoms with van der Waals surface area (Å²) in [6, 6.07) is 0.490. The molecule has 1 amide bonds. The van der Waals surface area contributed by atoms with Gasteiger partial charge in [-0.1, -0.05) is 19.8 Å². The van der Waals surface area contributed by atoms with Crippen molar-refractivity contribution in [1.82, 2.24) is 10.6 Å². The molecule has 4 heteroatoms. The number of hydrogen-bond donors (Lipinski definition) is 2. The van der Waals surface area contributed by atoms with Crippen LogP contribution in [-0.4, -0.2) is 38.3 Å². The highest BCUT2D eigenvalue weighted by Gasteiger charge is 1.98. The van der Waals surface area contributed by atoms with Crippen molar-refractivity contribution < 1.29 is 9.53 Å². The van der Waals surface area contributed by atoms with Crippen LogP contribution in [0.1, 0.15) is 20.3 Å². The smallest absolute Gasteiger partial charge is 0.246 e. The van der Waals surface area contributed by atoms with Crippen LogP contribution < -0.4 is 10.6 Å². The molecule has 0 heterocycles. The molecule has 0 saturated carbocycles. The first kappa shape index (κ1) is 13.9. The molecule has 0 saturated heterocycles. The molecule has 0 bridgehead atoms. The summed E-state index contributed by atoms with van der Waals surface area (Å²) >= 11 is 0. The standard InChI is InChI=1S/C11H20N2O2/c1-4-6-13-11(14)9-15-8-5-7-12-10(2)3/h1,10,12H,5-9H2,2-3H3,(H,13,14). The van der Waals surface area contributed by atoms with Gasteiger partial charge in [-0.15, -0.1) is 6.42 Å². The van der Waals surface area contributed by atoms with Gasteiger partial charge in [0.2, 0.25) is 5.91 Å². The first-order valence-corrected chi connectivity index (χ1v) is 5.18. The monoisotopic (exact) mass is 212 g/mol. The normalized spacial score (nSPS) is 10.0. The molecule has 15 heavy (non-hydrogen) atoms. The Morgan fingerprint density at radius 2 is 2.27 bits per heavy atom. The first-order valence-electron chi connectivity index (χ1n) is 5.18. The zero-order valence-electron chi connectivity index (χ0n) is 9.51. The lowest BCUT2D eigenvalue weighted by molar-refractivity contribution is -0.125. The molecule has 0 spiro atoms. The molecule has 0 aromatic rings. The summed E-state index contributed by atoms with van der Waals surface area (Å²) in [5, 5.41) is 5.79. The highest BCUT2D eigenvalue weighted by molar-refractivity contribution is 5.77. The maximum absolute atomic E-state index is 11.0. The zero-order chi connectivity index (χ0) is 11.5. The van der Waals surface area contributed by atoms with Crippen molar-refractivity contribution in [3.63, 3.8) is 0 Å². The second kappa shape index (κ2) is 9.50. The molecule has 0 aromatic heterocycles. The minimum Gasteiger partial charge on any atom is -0.372 e. The molecular formula is C11H20N2O2. The molecule has 0 unspecified atom stereocenters. The molecule has 0 aliphatic heterocycles. The topological polar surface area (TPSA) is 50.4 Å². The van der Waals surface area contributed by atoms with Gasteiger partial charge in [0.05, 0.1) is 6.54 Å². The van der Waals surface area contributed by atoms with Gasteiger partial charge in [-0.3, -0.25) is 4.79 Å². The number of nitrogens with one attached hydrogen (secondary N) is 2. The molecule has 0 aliphatic carbocycles. The third kappa shape index (κ3) is 10.9. The maximum Gasteiger partial charge on any atom is 0.246 e. The van der Waals surface area contributed by atoms with Crippen molar-refractivity contribution >= 4 is 5.91 Å². The summed E-state index contributed by atoms with van der Waals surface area (Å²) in [5.41, 5.74) is 0. The minimum atomic E-state index is -0.162. The summed E-state index contributed by atoms with van der Waals surface area (Å²) in [4.78, 5) is 11.0. The molecule has 86 valence electrons. The average molecular weight is 212 g/mol. The van der Waals surface area contributed by atoms with Gasteiger partial charge in [0.1, 0.15) is 6.61 Å². The van der Waals surface area contributed by atoms with Crippen LogP contribution in [0.3, 0.4) is 0 Å². The van der Waals surface area contributed by atoms with Crippen molar-refractivity contribution in [3.8, 4) is 12.3 Å². The molecule has 4 nitrogen and oxygen atoms in total. The van der Waals surface area contributed by atoms with Gasteiger partial charge in [0.15, 0.2) is 0 Å². The highest BCUT2D eigenvalue weighted by Crippen LogP contribution is 1.83. The van der Waals surface area contributed by atoms with E-state index in [0.29, 0.717) is 12.6 Å². The number of terminal acetylenes is 1. The van der Waals surface area contributed by atoms with E-state index in [1.54, 1.807) is 0 Å². The Labute approximate surface area is 91.8 Å². The van der Waals surface area contributed by atoms with E-state index in [-0.39, 0.29) is 19.1 Å². The number of carbonyl (C=O) groups excluding carboxylic acids is 1. The summed E-state index contributed by atoms with van der Waals surface area (Å²) in [6.07, 6.45) is 5.89. The maximum atomic E-state index is 11.0. The van der Waals surface area contributed by atoms with E-state index >= 15 is 0 Å². The van der Waals surface area contributed by atoms with E-state index < -0.39 is 0 Å². The fourth-order valence-corrected chi connectivity index (χ4v) is 0.930. The van der Waals surface area contributed by atoms with Gasteiger partial charge in [0, 0.05) is 12.6 Å². The van der Waals surface area contributed by atoms with Gasteiger partial charge >= 0.3 is 0 Å². The number of ether oxygens (including phenoxy) is 1. The Bertz CT molecular complexity index is 209. The SMILES string of the molecule is C#CCNC(=O)COCCCNC(C)C. The fourth-order valence-electron chi connectivity index (χ4n) is 0.930. The number of hydrogen-bond acceptors (Lipinski definition) is 3. The number of amides is 1. The predicted octanol–water partition coefficient (Wildman–Crippen LogP) is 0.141. The summed E-state index contributed by atoms with van der Waals surface area (Å²) in [6.45, 7) is 6.02. The fraction of sp³-hybridized carbons (Fsp3) is 0.727. The minimum absolute atomic E-state index is 0.0867. The van der Waals surface area contributed by atoms with E-state index in [9.17, 15) is 4.79 Å². The van der Waals surface area contributed by atoms with Crippen LogP contribution in [0.15, 0.2) is 0 Å². The largest absolute Gasteiger partial charge is 0.372 e. The van der Waals surface area contributed by atoms with Gasteiger partial charge in [-0.2, -0.15) is 0 Å². The van der Waals surface area contributed by atoms with E-state index in [1.165, 1.54) is 0 Å². The Morgan fingerprint density at radius 3 is 2.87 bits per heavy atom. The van der Waals surface area contributed by atoms with Crippen LogP contribution in [0.4, 0.5) is 0 Å². The average Bonchev–Trinajstić information content (AvgIpc) is 2.19. The Balaban J connectivity index is 3.17. The second-order valence-electron chi connectivity index (χ2n) is 3.50. The van der Waals surface area contributed by atoms with Crippen LogP contribution in [0.5, 0.6) is 0 Å². The van der Waals surface area contributed by atoms with Gasteiger partial charge in [0.25, 0.3) is 0 Å². The molecule has 2 N–H and O–H groups in total. The van der Waals surface area contributed by atoms with Crippen molar-refractivity contribution in [2.24, 2.45) is 0 Å². The lowest BCUT2D eigenvalue weighted by Crippen LogP contribution is -2.28. The van der Waals surface area contributed by atoms with Gasteiger partial charge in [-0.05, 0) is 13.0 Å². The molecule has 0 aromatic carbocycles. The Morgan fingerprint density at radius 1 is 1.53 bits per heavy atom. The summed E-state index contributed by atoms with van der Waals surface area (Å²) in [7, 11) is 0. The van der Waals surface area contributed by atoms with Gasteiger partial charge < -0.3 is 15.4 Å². The second-order valence-corrected chi connectivity index (χ2v) is 3.50. The van der Waals surface area contributed by atoms with Crippen LogP contribution in [0.2, 0.25) is 0 Å². The van der Waals surface area contributed by atoms with E-state index in [1.807, 2.05) is 0 Å². The lowest BCUT2D eigenvalue weighted by Gasteiger charge is -2.07. The summed E-state index contributed by atoms with van der Waals surface area (Å²) in [5.74, 6) is 2.16. The van der Waals surface area contributed by atoms with Gasteiger partial charge in [-0.25, -0.2) is 0 Å². The Hall–Kier alpha value is -1.05. The zero-order valence-corrected chi connectivity index (χ0v) is 9.51. The lowest BCUT2D eigenvalue weighted by atomic mass is 10.3. The third-order valence-electron chi connectivity index (χ3n) is 1.64. The third-order valence-corrected chi connectivity index (χ3v) is 1.64. The molecular weight excluding hydrogens is 192 g/mol. The quantitative estimate of drug-likeness (QED) is 0.444. The molecule has 0 fully saturated rings. The van der Waals surface area contributed by atoms with E-state index in [4.69, 9.17) is 11.2 Å². The van der Waals surface area contributed by atoms with Crippen LogP contribution in [0.25, 0.3) is 0 Å². The van der Waals surface area contributed by atoms with E-state index in [2.05, 4.69) is 30.4 Å². The van der Waals surface area contributed by atoms with E-state index in [0.717, 1.165) is 13.0 Å². The molecule has 0 aliphatic rings. The first-order chi connectivity index (χ1) is 7.16. The molecule has 0 atom stereocenters. The van der Waals surface area contributed by atoms with Crippen molar-refractivity contribution in [2.75, 3.05) is 26.3 Å². The van der Waals surface area contributed by atoms with Crippen molar-refractivity contribution in [2.45, 2.75) is 26.3 Å². The van der Waals surface area contributed by atoms with Crippen LogP contribution >= 0.6 is 0 Å². The van der Waals surface area contributed by atoms with Crippen LogP contribution in [0, 0.1) is 12.3 Å². The Kier molecular flexibility index (Phi) is 8.84. The predicted molar refractivity (Wildman–Crippen MR) is 60.4 cm³/mol. The highest BCUT2D eigenvalue weighted by atomic mass is 16.5. The molecule has 0 radical (unpaired) electrons. The summed E-state index contributed by atoms with van der Waals surface area (Å²) < 4.78 is 5.15. The van der Waals surface area contributed by atoms with Crippen LogP contribution in [-0.2, 0) is 9.53 Å². The number of carbonyl (C=O) groups is 1.